The van der Waals surface area contributed by atoms with Crippen molar-refractivity contribution in [2.75, 3.05) is 7.11 Å². The van der Waals surface area contributed by atoms with Crippen molar-refractivity contribution in [1.82, 2.24) is 5.16 Å². The van der Waals surface area contributed by atoms with E-state index < -0.39 is 11.9 Å². The highest BCUT2D eigenvalue weighted by Gasteiger charge is 2.09. The standard InChI is InChI=1S/C9H11NO5/c1-6(11)14-5-8-3-7(10-15-8)4-9(12)13-2/h3H,4-5H2,1-2H3. The zero-order valence-electron chi connectivity index (χ0n) is 8.48. The van der Waals surface area contributed by atoms with Gasteiger partial charge < -0.3 is 14.0 Å². The van der Waals surface area contributed by atoms with Crippen LogP contribution in [0.1, 0.15) is 18.4 Å². The van der Waals surface area contributed by atoms with Crippen LogP contribution < -0.4 is 0 Å². The summed E-state index contributed by atoms with van der Waals surface area (Å²) in [6, 6.07) is 1.54. The molecule has 0 N–H and O–H groups in total. The predicted octanol–water partition coefficient (Wildman–Crippen LogP) is 0.453. The van der Waals surface area contributed by atoms with E-state index in [4.69, 9.17) is 4.52 Å². The molecule has 0 atom stereocenters. The molecule has 6 nitrogen and oxygen atoms in total. The molecule has 0 fully saturated rings. The average Bonchev–Trinajstić information content (AvgIpc) is 2.62. The third-order valence-electron chi connectivity index (χ3n) is 1.58. The lowest BCUT2D eigenvalue weighted by molar-refractivity contribution is -0.143. The van der Waals surface area contributed by atoms with E-state index in [1.807, 2.05) is 0 Å². The van der Waals surface area contributed by atoms with Gasteiger partial charge in [-0.3, -0.25) is 9.59 Å². The van der Waals surface area contributed by atoms with Crippen LogP contribution in [0.3, 0.4) is 0 Å². The van der Waals surface area contributed by atoms with E-state index in [0.717, 1.165) is 0 Å². The molecule has 0 aliphatic rings. The van der Waals surface area contributed by atoms with Gasteiger partial charge in [0.15, 0.2) is 12.4 Å². The van der Waals surface area contributed by atoms with Crippen molar-refractivity contribution < 1.29 is 23.6 Å². The van der Waals surface area contributed by atoms with Crippen molar-refractivity contribution >= 4 is 11.9 Å². The van der Waals surface area contributed by atoms with Gasteiger partial charge in [-0.1, -0.05) is 5.16 Å². The molecule has 1 heterocycles. The van der Waals surface area contributed by atoms with E-state index in [0.29, 0.717) is 11.5 Å². The third-order valence-corrected chi connectivity index (χ3v) is 1.58. The lowest BCUT2D eigenvalue weighted by Gasteiger charge is -1.94. The molecule has 0 bridgehead atoms. The van der Waals surface area contributed by atoms with Crippen LogP contribution in [0, 0.1) is 0 Å². The Morgan fingerprint density at radius 1 is 1.53 bits per heavy atom. The smallest absolute Gasteiger partial charge is 0.311 e. The molecule has 1 rings (SSSR count). The van der Waals surface area contributed by atoms with Gasteiger partial charge in [-0.15, -0.1) is 0 Å². The number of hydrogen-bond donors (Lipinski definition) is 0. The number of carbonyl (C=O) groups excluding carboxylic acids is 2. The molecule has 6 heteroatoms. The second-order valence-electron chi connectivity index (χ2n) is 2.82. The van der Waals surface area contributed by atoms with Gasteiger partial charge in [-0.2, -0.15) is 0 Å². The monoisotopic (exact) mass is 213 g/mol. The minimum atomic E-state index is -0.402. The fourth-order valence-corrected chi connectivity index (χ4v) is 0.900. The molecule has 1 aromatic rings. The van der Waals surface area contributed by atoms with Crippen LogP contribution in [0.2, 0.25) is 0 Å². The first-order valence-electron chi connectivity index (χ1n) is 4.26. The summed E-state index contributed by atoms with van der Waals surface area (Å²) in [4.78, 5) is 21.4. The van der Waals surface area contributed by atoms with Gasteiger partial charge in [0.1, 0.15) is 0 Å². The summed E-state index contributed by atoms with van der Waals surface area (Å²) in [7, 11) is 1.29. The normalized spacial score (nSPS) is 9.73. The second-order valence-corrected chi connectivity index (χ2v) is 2.82. The molecule has 0 aromatic carbocycles. The predicted molar refractivity (Wildman–Crippen MR) is 47.7 cm³/mol. The summed E-state index contributed by atoms with van der Waals surface area (Å²) in [6.45, 7) is 1.31. The zero-order valence-corrected chi connectivity index (χ0v) is 8.48. The molecule has 0 saturated carbocycles. The van der Waals surface area contributed by atoms with Crippen LogP contribution in [-0.2, 0) is 32.1 Å². The number of carbonyl (C=O) groups is 2. The summed E-state index contributed by atoms with van der Waals surface area (Å²) < 4.78 is 14.0. The van der Waals surface area contributed by atoms with E-state index in [1.54, 1.807) is 6.07 Å². The number of methoxy groups -OCH3 is 1. The minimum Gasteiger partial charge on any atom is -0.469 e. The maximum atomic E-state index is 10.9. The summed E-state index contributed by atoms with van der Waals surface area (Å²) in [6.07, 6.45) is 0.0417. The molecule has 1 aromatic heterocycles. The molecule has 0 spiro atoms. The Kier molecular flexibility index (Phi) is 3.84. The van der Waals surface area contributed by atoms with E-state index in [9.17, 15) is 9.59 Å². The number of hydrogen-bond acceptors (Lipinski definition) is 6. The van der Waals surface area contributed by atoms with Crippen molar-refractivity contribution in [2.24, 2.45) is 0 Å². The molecular formula is C9H11NO5. The molecule has 82 valence electrons. The van der Waals surface area contributed by atoms with E-state index >= 15 is 0 Å². The van der Waals surface area contributed by atoms with Crippen molar-refractivity contribution in [3.05, 3.63) is 17.5 Å². The topological polar surface area (TPSA) is 78.6 Å². The second kappa shape index (κ2) is 5.14. The largest absolute Gasteiger partial charge is 0.469 e. The molecule has 0 aliphatic carbocycles. The summed E-state index contributed by atoms with van der Waals surface area (Å²) >= 11 is 0. The molecular weight excluding hydrogens is 202 g/mol. The highest BCUT2D eigenvalue weighted by Crippen LogP contribution is 2.06. The first-order chi connectivity index (χ1) is 7.11. The summed E-state index contributed by atoms with van der Waals surface area (Å²) in [5.41, 5.74) is 0.448. The third kappa shape index (κ3) is 3.80. The quantitative estimate of drug-likeness (QED) is 0.676. The Balaban J connectivity index is 2.49. The Morgan fingerprint density at radius 3 is 2.87 bits per heavy atom. The fourth-order valence-electron chi connectivity index (χ4n) is 0.900. The number of rotatable bonds is 4. The van der Waals surface area contributed by atoms with Crippen molar-refractivity contribution in [2.45, 2.75) is 20.0 Å². The first-order valence-corrected chi connectivity index (χ1v) is 4.26. The average molecular weight is 213 g/mol. The van der Waals surface area contributed by atoms with Crippen LogP contribution in [0.15, 0.2) is 10.6 Å². The summed E-state index contributed by atoms with van der Waals surface area (Å²) in [5.74, 6) is -0.410. The van der Waals surface area contributed by atoms with Crippen LogP contribution in [-0.4, -0.2) is 24.2 Å². The zero-order chi connectivity index (χ0) is 11.3. The number of ether oxygens (including phenoxy) is 2. The maximum absolute atomic E-state index is 10.9. The van der Waals surface area contributed by atoms with Crippen LogP contribution >= 0.6 is 0 Å². The van der Waals surface area contributed by atoms with Gasteiger partial charge in [0.25, 0.3) is 0 Å². The molecule has 15 heavy (non-hydrogen) atoms. The Hall–Kier alpha value is -1.85. The van der Waals surface area contributed by atoms with Gasteiger partial charge in [0.05, 0.1) is 19.2 Å². The van der Waals surface area contributed by atoms with Gasteiger partial charge in [0, 0.05) is 13.0 Å². The summed E-state index contributed by atoms with van der Waals surface area (Å²) in [5, 5.41) is 3.61. The van der Waals surface area contributed by atoms with Gasteiger partial charge >= 0.3 is 11.9 Å². The van der Waals surface area contributed by atoms with Gasteiger partial charge in [-0.25, -0.2) is 0 Å². The Labute approximate surface area is 86.1 Å². The fraction of sp³-hybridized carbons (Fsp3) is 0.444. The van der Waals surface area contributed by atoms with E-state index in [-0.39, 0.29) is 13.0 Å². The van der Waals surface area contributed by atoms with Crippen molar-refractivity contribution in [3.63, 3.8) is 0 Å². The van der Waals surface area contributed by atoms with Crippen molar-refractivity contribution in [3.8, 4) is 0 Å². The maximum Gasteiger partial charge on any atom is 0.311 e. The van der Waals surface area contributed by atoms with Gasteiger partial charge in [0.2, 0.25) is 0 Å². The van der Waals surface area contributed by atoms with Crippen LogP contribution in [0.4, 0.5) is 0 Å². The molecule has 0 unspecified atom stereocenters. The van der Waals surface area contributed by atoms with Crippen LogP contribution in [0.25, 0.3) is 0 Å². The Bertz CT molecular complexity index is 357. The van der Waals surface area contributed by atoms with Crippen LogP contribution in [0.5, 0.6) is 0 Å². The molecule has 0 radical (unpaired) electrons. The van der Waals surface area contributed by atoms with E-state index in [1.165, 1.54) is 14.0 Å². The number of aromatic nitrogens is 1. The lowest BCUT2D eigenvalue weighted by atomic mass is 10.3. The Morgan fingerprint density at radius 2 is 2.27 bits per heavy atom. The first kappa shape index (κ1) is 11.2. The highest BCUT2D eigenvalue weighted by molar-refractivity contribution is 5.71. The van der Waals surface area contributed by atoms with E-state index in [2.05, 4.69) is 14.6 Å². The molecule has 0 amide bonds. The SMILES string of the molecule is COC(=O)Cc1cc(COC(C)=O)on1. The van der Waals surface area contributed by atoms with Crippen molar-refractivity contribution in [1.29, 1.82) is 0 Å². The molecule has 0 saturated heterocycles. The molecule has 0 aliphatic heterocycles. The highest BCUT2D eigenvalue weighted by atomic mass is 16.5. The lowest BCUT2D eigenvalue weighted by Crippen LogP contribution is -2.04. The minimum absolute atomic E-state index is 0.0174. The van der Waals surface area contributed by atoms with Gasteiger partial charge in [-0.05, 0) is 0 Å². The number of esters is 2. The number of nitrogens with zero attached hydrogens (tertiary/aromatic N) is 1.